The van der Waals surface area contributed by atoms with Gasteiger partial charge in [-0.25, -0.2) is 4.98 Å². The van der Waals surface area contributed by atoms with Crippen molar-refractivity contribution in [2.75, 3.05) is 19.6 Å². The van der Waals surface area contributed by atoms with Crippen LogP contribution in [0.15, 0.2) is 48.5 Å². The van der Waals surface area contributed by atoms with Gasteiger partial charge in [-0.3, -0.25) is 9.59 Å². The Labute approximate surface area is 194 Å². The number of nitrogens with zero attached hydrogens (tertiary/aromatic N) is 3. The van der Waals surface area contributed by atoms with Crippen LogP contribution >= 0.6 is 11.6 Å². The van der Waals surface area contributed by atoms with Crippen LogP contribution < -0.4 is 5.32 Å². The number of aromatic nitrogens is 2. The molecule has 0 spiro atoms. The zero-order valence-electron chi connectivity index (χ0n) is 18.8. The van der Waals surface area contributed by atoms with Crippen LogP contribution in [0.4, 0.5) is 0 Å². The van der Waals surface area contributed by atoms with E-state index in [1.54, 1.807) is 24.3 Å². The van der Waals surface area contributed by atoms with Crippen LogP contribution in [-0.2, 0) is 17.8 Å². The highest BCUT2D eigenvalue weighted by Crippen LogP contribution is 2.18. The zero-order valence-corrected chi connectivity index (χ0v) is 19.6. The molecule has 32 heavy (non-hydrogen) atoms. The van der Waals surface area contributed by atoms with Gasteiger partial charge in [0.15, 0.2) is 0 Å². The number of carbonyl (C=O) groups excluding carboxylic acids is 2. The van der Waals surface area contributed by atoms with E-state index in [1.165, 1.54) is 0 Å². The van der Waals surface area contributed by atoms with E-state index in [0.717, 1.165) is 42.8 Å². The van der Waals surface area contributed by atoms with Crippen LogP contribution in [-0.4, -0.2) is 45.9 Å². The van der Waals surface area contributed by atoms with Crippen LogP contribution in [0.2, 0.25) is 5.02 Å². The zero-order chi connectivity index (χ0) is 22.9. The number of hydrogen-bond donors (Lipinski definition) is 1. The fourth-order valence-electron chi connectivity index (χ4n) is 3.82. The first kappa shape index (κ1) is 23.8. The van der Waals surface area contributed by atoms with E-state index < -0.39 is 0 Å². The lowest BCUT2D eigenvalue weighted by Gasteiger charge is -2.22. The minimum Gasteiger partial charge on any atom is -0.352 e. The number of fused-ring (bicyclic) bond motifs is 1. The van der Waals surface area contributed by atoms with Crippen molar-refractivity contribution >= 4 is 34.4 Å². The average Bonchev–Trinajstić information content (AvgIpc) is 3.14. The minimum absolute atomic E-state index is 0.116. The Morgan fingerprint density at radius 1 is 1.03 bits per heavy atom. The summed E-state index contributed by atoms with van der Waals surface area (Å²) in [5.74, 6) is 0.790. The molecule has 0 aliphatic heterocycles. The topological polar surface area (TPSA) is 67.2 Å². The van der Waals surface area contributed by atoms with Gasteiger partial charge in [-0.2, -0.15) is 0 Å². The molecule has 3 aromatic rings. The van der Waals surface area contributed by atoms with Crippen LogP contribution in [0.25, 0.3) is 11.0 Å². The maximum atomic E-state index is 13.0. The summed E-state index contributed by atoms with van der Waals surface area (Å²) in [6.07, 6.45) is 3.25. The molecule has 0 saturated carbocycles. The SMILES string of the molecule is CCCN(CCC)C(=O)Cn1c(CCCNC(=O)c2ccccc2Cl)nc2ccccc21. The Morgan fingerprint density at radius 2 is 1.72 bits per heavy atom. The number of nitrogens with one attached hydrogen (secondary N) is 1. The van der Waals surface area contributed by atoms with Gasteiger partial charge in [0, 0.05) is 26.1 Å². The third-order valence-electron chi connectivity index (χ3n) is 5.35. The van der Waals surface area contributed by atoms with E-state index in [9.17, 15) is 9.59 Å². The molecule has 7 heteroatoms. The molecule has 6 nitrogen and oxygen atoms in total. The van der Waals surface area contributed by atoms with Crippen molar-refractivity contribution < 1.29 is 9.59 Å². The largest absolute Gasteiger partial charge is 0.352 e. The van der Waals surface area contributed by atoms with Crippen molar-refractivity contribution in [1.82, 2.24) is 19.8 Å². The smallest absolute Gasteiger partial charge is 0.252 e. The lowest BCUT2D eigenvalue weighted by Crippen LogP contribution is -2.35. The van der Waals surface area contributed by atoms with Gasteiger partial charge in [-0.05, 0) is 43.5 Å². The minimum atomic E-state index is -0.186. The first-order valence-corrected chi connectivity index (χ1v) is 11.7. The van der Waals surface area contributed by atoms with E-state index in [0.29, 0.717) is 30.0 Å². The van der Waals surface area contributed by atoms with Crippen molar-refractivity contribution in [3.8, 4) is 0 Å². The quantitative estimate of drug-likeness (QED) is 0.427. The maximum Gasteiger partial charge on any atom is 0.252 e. The molecule has 170 valence electrons. The Hall–Kier alpha value is -2.86. The van der Waals surface area contributed by atoms with Gasteiger partial charge < -0.3 is 14.8 Å². The molecule has 0 radical (unpaired) electrons. The van der Waals surface area contributed by atoms with Gasteiger partial charge in [-0.1, -0.05) is 49.7 Å². The van der Waals surface area contributed by atoms with Crippen LogP contribution in [0, 0.1) is 0 Å². The number of halogens is 1. The van der Waals surface area contributed by atoms with Gasteiger partial charge in [0.05, 0.1) is 21.6 Å². The number of aryl methyl sites for hydroxylation is 1. The summed E-state index contributed by atoms with van der Waals surface area (Å²) in [6.45, 7) is 6.49. The van der Waals surface area contributed by atoms with Gasteiger partial charge in [0.1, 0.15) is 12.4 Å². The number of hydrogen-bond acceptors (Lipinski definition) is 3. The summed E-state index contributed by atoms with van der Waals surface area (Å²) in [5, 5.41) is 3.36. The molecule has 1 N–H and O–H groups in total. The molecule has 3 rings (SSSR count). The van der Waals surface area contributed by atoms with Crippen molar-refractivity contribution in [1.29, 1.82) is 0 Å². The molecule has 1 heterocycles. The Kier molecular flexibility index (Phi) is 8.68. The summed E-state index contributed by atoms with van der Waals surface area (Å²) in [6, 6.07) is 14.9. The van der Waals surface area contributed by atoms with Crippen molar-refractivity contribution in [2.45, 2.75) is 46.1 Å². The highest BCUT2D eigenvalue weighted by atomic mass is 35.5. The van der Waals surface area contributed by atoms with E-state index >= 15 is 0 Å². The second-order valence-corrected chi connectivity index (χ2v) is 8.23. The summed E-state index contributed by atoms with van der Waals surface area (Å²) >= 11 is 6.10. The molecule has 0 aliphatic rings. The average molecular weight is 455 g/mol. The second-order valence-electron chi connectivity index (χ2n) is 7.82. The molecular formula is C25H31ClN4O2. The normalized spacial score (nSPS) is 11.0. The monoisotopic (exact) mass is 454 g/mol. The van der Waals surface area contributed by atoms with Gasteiger partial charge in [-0.15, -0.1) is 0 Å². The molecular weight excluding hydrogens is 424 g/mol. The highest BCUT2D eigenvalue weighted by Gasteiger charge is 2.17. The van der Waals surface area contributed by atoms with E-state index in [-0.39, 0.29) is 18.4 Å². The van der Waals surface area contributed by atoms with Crippen molar-refractivity contribution in [2.24, 2.45) is 0 Å². The first-order chi connectivity index (χ1) is 15.5. The predicted octanol–water partition coefficient (Wildman–Crippen LogP) is 4.70. The molecule has 0 unspecified atom stereocenters. The molecule has 2 aromatic carbocycles. The molecule has 0 fully saturated rings. The number of rotatable bonds is 11. The fourth-order valence-corrected chi connectivity index (χ4v) is 4.04. The summed E-state index contributed by atoms with van der Waals surface area (Å²) in [4.78, 5) is 32.1. The fraction of sp³-hybridized carbons (Fsp3) is 0.400. The van der Waals surface area contributed by atoms with E-state index in [4.69, 9.17) is 16.6 Å². The van der Waals surface area contributed by atoms with Gasteiger partial charge in [0.25, 0.3) is 5.91 Å². The molecule has 0 aliphatic carbocycles. The third-order valence-corrected chi connectivity index (χ3v) is 5.68. The Bertz CT molecular complexity index is 1060. The molecule has 0 saturated heterocycles. The van der Waals surface area contributed by atoms with E-state index in [2.05, 4.69) is 19.2 Å². The molecule has 2 amide bonds. The van der Waals surface area contributed by atoms with Gasteiger partial charge >= 0.3 is 0 Å². The maximum absolute atomic E-state index is 13.0. The third kappa shape index (κ3) is 5.88. The predicted molar refractivity (Wildman–Crippen MR) is 129 cm³/mol. The van der Waals surface area contributed by atoms with E-state index in [1.807, 2.05) is 33.7 Å². The van der Waals surface area contributed by atoms with Crippen LogP contribution in [0.1, 0.15) is 49.3 Å². The number of imidazole rings is 1. The van der Waals surface area contributed by atoms with Crippen LogP contribution in [0.3, 0.4) is 0 Å². The molecule has 0 atom stereocenters. The number of carbonyl (C=O) groups is 2. The lowest BCUT2D eigenvalue weighted by molar-refractivity contribution is -0.131. The summed E-state index contributed by atoms with van der Waals surface area (Å²) in [5.41, 5.74) is 2.32. The highest BCUT2D eigenvalue weighted by molar-refractivity contribution is 6.33. The number of para-hydroxylation sites is 2. The summed E-state index contributed by atoms with van der Waals surface area (Å²) < 4.78 is 2.02. The standard InChI is InChI=1S/C25H31ClN4O2/c1-3-16-29(17-4-2)24(31)18-30-22-13-8-7-12-21(22)28-23(30)14-9-15-27-25(32)19-10-5-6-11-20(19)26/h5-8,10-13H,3-4,9,14-18H2,1-2H3,(H,27,32). The molecule has 1 aromatic heterocycles. The Balaban J connectivity index is 1.68. The van der Waals surface area contributed by atoms with Crippen molar-refractivity contribution in [3.05, 3.63) is 64.9 Å². The number of benzene rings is 2. The second kappa shape index (κ2) is 11.7. The number of amides is 2. The Morgan fingerprint density at radius 3 is 2.44 bits per heavy atom. The molecule has 0 bridgehead atoms. The first-order valence-electron chi connectivity index (χ1n) is 11.3. The van der Waals surface area contributed by atoms with Gasteiger partial charge in [0.2, 0.25) is 5.91 Å². The van der Waals surface area contributed by atoms with Crippen LogP contribution in [0.5, 0.6) is 0 Å². The van der Waals surface area contributed by atoms with Crippen molar-refractivity contribution in [3.63, 3.8) is 0 Å². The summed E-state index contributed by atoms with van der Waals surface area (Å²) in [7, 11) is 0. The lowest BCUT2D eigenvalue weighted by atomic mass is 10.2.